The Morgan fingerprint density at radius 2 is 1.71 bits per heavy atom. The number of carbonyl (C=O) groups is 1. The Morgan fingerprint density at radius 3 is 2.39 bits per heavy atom. The van der Waals surface area contributed by atoms with Crippen LogP contribution in [0.4, 0.5) is 21.7 Å². The van der Waals surface area contributed by atoms with E-state index in [4.69, 9.17) is 9.47 Å². The largest absolute Gasteiger partial charge is 0.493 e. The standard InChI is InChI=1S/C20H19FN4O3/c1-27-16-7-6-13(10-17(16)28-2)11-20(26)23-19-9-8-18(24-25-19)22-15-5-3-4-14(21)12-15/h3-10,12H,11H2,1-2H3,(H,22,24)(H,23,25,26). The number of anilines is 3. The number of benzene rings is 2. The maximum atomic E-state index is 13.2. The second kappa shape index (κ2) is 8.81. The summed E-state index contributed by atoms with van der Waals surface area (Å²) in [6, 6.07) is 14.5. The Bertz CT molecular complexity index is 964. The molecule has 0 unspecified atom stereocenters. The van der Waals surface area contributed by atoms with Gasteiger partial charge in [0.2, 0.25) is 5.91 Å². The van der Waals surface area contributed by atoms with Crippen LogP contribution in [0.25, 0.3) is 0 Å². The monoisotopic (exact) mass is 382 g/mol. The number of nitrogens with one attached hydrogen (secondary N) is 2. The number of amides is 1. The zero-order chi connectivity index (χ0) is 19.9. The Balaban J connectivity index is 1.60. The van der Waals surface area contributed by atoms with Gasteiger partial charge in [0, 0.05) is 5.69 Å². The molecule has 0 saturated carbocycles. The molecule has 144 valence electrons. The highest BCUT2D eigenvalue weighted by molar-refractivity contribution is 5.91. The SMILES string of the molecule is COc1ccc(CC(=O)Nc2ccc(Nc3cccc(F)c3)nn2)cc1OC. The van der Waals surface area contributed by atoms with Gasteiger partial charge in [0.05, 0.1) is 20.6 Å². The number of hydrogen-bond donors (Lipinski definition) is 2. The van der Waals surface area contributed by atoms with Gasteiger partial charge in [-0.3, -0.25) is 4.79 Å². The summed E-state index contributed by atoms with van der Waals surface area (Å²) in [6.45, 7) is 0. The number of rotatable bonds is 7. The number of aromatic nitrogens is 2. The number of halogens is 1. The lowest BCUT2D eigenvalue weighted by molar-refractivity contribution is -0.115. The minimum absolute atomic E-state index is 0.144. The number of methoxy groups -OCH3 is 2. The van der Waals surface area contributed by atoms with E-state index < -0.39 is 0 Å². The fourth-order valence-electron chi connectivity index (χ4n) is 2.54. The fraction of sp³-hybridized carbons (Fsp3) is 0.150. The van der Waals surface area contributed by atoms with Gasteiger partial charge in [-0.25, -0.2) is 4.39 Å². The Labute approximate surface area is 161 Å². The van der Waals surface area contributed by atoms with Gasteiger partial charge in [0.1, 0.15) is 5.82 Å². The van der Waals surface area contributed by atoms with Gasteiger partial charge in [-0.15, -0.1) is 10.2 Å². The molecule has 0 aliphatic carbocycles. The second-order valence-corrected chi connectivity index (χ2v) is 5.85. The fourth-order valence-corrected chi connectivity index (χ4v) is 2.54. The molecule has 28 heavy (non-hydrogen) atoms. The molecule has 0 fully saturated rings. The lowest BCUT2D eigenvalue weighted by atomic mass is 10.1. The summed E-state index contributed by atoms with van der Waals surface area (Å²) in [4.78, 5) is 12.2. The molecule has 3 aromatic rings. The quantitative estimate of drug-likeness (QED) is 0.650. The molecule has 0 saturated heterocycles. The van der Waals surface area contributed by atoms with E-state index in [1.165, 1.54) is 19.2 Å². The first-order valence-electron chi connectivity index (χ1n) is 8.44. The van der Waals surface area contributed by atoms with Crippen molar-refractivity contribution in [3.63, 3.8) is 0 Å². The molecule has 7 nitrogen and oxygen atoms in total. The molecule has 1 aromatic heterocycles. The summed E-state index contributed by atoms with van der Waals surface area (Å²) in [5.74, 6) is 1.31. The van der Waals surface area contributed by atoms with Gasteiger partial charge < -0.3 is 20.1 Å². The summed E-state index contributed by atoms with van der Waals surface area (Å²) >= 11 is 0. The van der Waals surface area contributed by atoms with E-state index in [0.29, 0.717) is 28.8 Å². The smallest absolute Gasteiger partial charge is 0.229 e. The Hall–Kier alpha value is -3.68. The van der Waals surface area contributed by atoms with Crippen LogP contribution in [0, 0.1) is 5.82 Å². The van der Waals surface area contributed by atoms with Crippen LogP contribution in [-0.2, 0) is 11.2 Å². The maximum absolute atomic E-state index is 13.2. The molecule has 0 spiro atoms. The third-order valence-electron chi connectivity index (χ3n) is 3.84. The van der Waals surface area contributed by atoms with Gasteiger partial charge in [-0.1, -0.05) is 12.1 Å². The van der Waals surface area contributed by atoms with E-state index in [9.17, 15) is 9.18 Å². The number of hydrogen-bond acceptors (Lipinski definition) is 6. The lowest BCUT2D eigenvalue weighted by Gasteiger charge is -2.10. The molecular formula is C20H19FN4O3. The molecule has 2 aromatic carbocycles. The van der Waals surface area contributed by atoms with Crippen molar-refractivity contribution >= 4 is 23.2 Å². The Kier molecular flexibility index (Phi) is 6.01. The van der Waals surface area contributed by atoms with Crippen LogP contribution in [0.15, 0.2) is 54.6 Å². The topological polar surface area (TPSA) is 85.4 Å². The third-order valence-corrected chi connectivity index (χ3v) is 3.84. The highest BCUT2D eigenvalue weighted by atomic mass is 19.1. The van der Waals surface area contributed by atoms with Gasteiger partial charge in [0.15, 0.2) is 23.1 Å². The van der Waals surface area contributed by atoms with Crippen molar-refractivity contribution < 1.29 is 18.7 Å². The third kappa shape index (κ3) is 4.94. The van der Waals surface area contributed by atoms with E-state index in [1.54, 1.807) is 49.6 Å². The number of nitrogens with zero attached hydrogens (tertiary/aromatic N) is 2. The minimum Gasteiger partial charge on any atom is -0.493 e. The first-order valence-corrected chi connectivity index (χ1v) is 8.44. The average molecular weight is 382 g/mol. The first kappa shape index (κ1) is 19.1. The van der Waals surface area contributed by atoms with Crippen LogP contribution in [-0.4, -0.2) is 30.3 Å². The van der Waals surface area contributed by atoms with Crippen LogP contribution in [0.5, 0.6) is 11.5 Å². The molecule has 0 radical (unpaired) electrons. The summed E-state index contributed by atoms with van der Waals surface area (Å²) in [5.41, 5.74) is 1.33. The van der Waals surface area contributed by atoms with E-state index in [-0.39, 0.29) is 18.1 Å². The second-order valence-electron chi connectivity index (χ2n) is 5.85. The van der Waals surface area contributed by atoms with Crippen molar-refractivity contribution in [1.82, 2.24) is 10.2 Å². The van der Waals surface area contributed by atoms with Crippen molar-refractivity contribution in [2.45, 2.75) is 6.42 Å². The number of carbonyl (C=O) groups excluding carboxylic acids is 1. The highest BCUT2D eigenvalue weighted by Crippen LogP contribution is 2.27. The molecule has 2 N–H and O–H groups in total. The first-order chi connectivity index (χ1) is 13.6. The van der Waals surface area contributed by atoms with E-state index in [0.717, 1.165) is 5.56 Å². The molecule has 1 amide bonds. The molecule has 0 atom stereocenters. The average Bonchev–Trinajstić information content (AvgIpc) is 2.69. The zero-order valence-corrected chi connectivity index (χ0v) is 15.4. The van der Waals surface area contributed by atoms with Crippen molar-refractivity contribution in [1.29, 1.82) is 0 Å². The molecule has 1 heterocycles. The van der Waals surface area contributed by atoms with Crippen molar-refractivity contribution in [3.8, 4) is 11.5 Å². The predicted octanol–water partition coefficient (Wildman–Crippen LogP) is 3.56. The summed E-state index contributed by atoms with van der Waals surface area (Å²) in [5, 5.41) is 13.6. The van der Waals surface area contributed by atoms with Crippen LogP contribution in [0.3, 0.4) is 0 Å². The molecule has 3 rings (SSSR count). The molecule has 0 bridgehead atoms. The van der Waals surface area contributed by atoms with Crippen LogP contribution < -0.4 is 20.1 Å². The van der Waals surface area contributed by atoms with Gasteiger partial charge in [0.25, 0.3) is 0 Å². The lowest BCUT2D eigenvalue weighted by Crippen LogP contribution is -2.15. The van der Waals surface area contributed by atoms with Crippen molar-refractivity contribution in [3.05, 3.63) is 66.0 Å². The van der Waals surface area contributed by atoms with Crippen molar-refractivity contribution in [2.24, 2.45) is 0 Å². The van der Waals surface area contributed by atoms with E-state index >= 15 is 0 Å². The van der Waals surface area contributed by atoms with E-state index in [2.05, 4.69) is 20.8 Å². The minimum atomic E-state index is -0.350. The predicted molar refractivity (Wildman–Crippen MR) is 104 cm³/mol. The molecule has 0 aliphatic heterocycles. The Morgan fingerprint density at radius 1 is 0.964 bits per heavy atom. The van der Waals surface area contributed by atoms with Crippen LogP contribution in [0.2, 0.25) is 0 Å². The van der Waals surface area contributed by atoms with E-state index in [1.807, 2.05) is 0 Å². The maximum Gasteiger partial charge on any atom is 0.229 e. The molecule has 8 heteroatoms. The number of ether oxygens (including phenoxy) is 2. The van der Waals surface area contributed by atoms with Gasteiger partial charge in [-0.2, -0.15) is 0 Å². The van der Waals surface area contributed by atoms with Crippen molar-refractivity contribution in [2.75, 3.05) is 24.9 Å². The highest BCUT2D eigenvalue weighted by Gasteiger charge is 2.09. The zero-order valence-electron chi connectivity index (χ0n) is 15.4. The van der Waals surface area contributed by atoms with Crippen LogP contribution >= 0.6 is 0 Å². The van der Waals surface area contributed by atoms with Crippen LogP contribution in [0.1, 0.15) is 5.56 Å². The molecular weight excluding hydrogens is 363 g/mol. The summed E-state index contributed by atoms with van der Waals surface area (Å²) < 4.78 is 23.6. The van der Waals surface area contributed by atoms with Gasteiger partial charge >= 0.3 is 0 Å². The van der Waals surface area contributed by atoms with Gasteiger partial charge in [-0.05, 0) is 48.0 Å². The molecule has 0 aliphatic rings. The normalized spacial score (nSPS) is 10.2. The summed E-state index contributed by atoms with van der Waals surface area (Å²) in [6.07, 6.45) is 0.144. The summed E-state index contributed by atoms with van der Waals surface area (Å²) in [7, 11) is 3.09.